The number of halogens is 1. The van der Waals surface area contributed by atoms with Gasteiger partial charge in [-0.05, 0) is 42.0 Å². The van der Waals surface area contributed by atoms with Crippen LogP contribution in [0.4, 0.5) is 0 Å². The molecule has 0 spiro atoms. The molecule has 3 aromatic carbocycles. The summed E-state index contributed by atoms with van der Waals surface area (Å²) in [7, 11) is 0. The Kier molecular flexibility index (Phi) is 8.96. The summed E-state index contributed by atoms with van der Waals surface area (Å²) < 4.78 is 0. The molecule has 0 aliphatic heterocycles. The van der Waals surface area contributed by atoms with Crippen LogP contribution in [-0.2, 0) is 29.0 Å². The van der Waals surface area contributed by atoms with Crippen molar-refractivity contribution in [1.29, 1.82) is 0 Å². The van der Waals surface area contributed by atoms with E-state index in [4.69, 9.17) is 11.6 Å². The summed E-state index contributed by atoms with van der Waals surface area (Å²) in [4.78, 5) is 29.1. The van der Waals surface area contributed by atoms with Crippen LogP contribution in [0.15, 0.2) is 84.9 Å². The molecule has 3 aromatic rings. The lowest BCUT2D eigenvalue weighted by Gasteiger charge is -2.32. The SMILES string of the molecule is O=C(NC1CCCC1)[C@@H](Cc1ccccc1)N(Cc1ccccc1Cl)C(=O)CCc1ccccc1. The van der Waals surface area contributed by atoms with Gasteiger partial charge in [-0.3, -0.25) is 9.59 Å². The lowest BCUT2D eigenvalue weighted by molar-refractivity contribution is -0.141. The minimum absolute atomic E-state index is 0.0451. The normalized spacial score (nSPS) is 14.4. The molecule has 0 saturated heterocycles. The number of benzene rings is 3. The van der Waals surface area contributed by atoms with Crippen LogP contribution in [0.2, 0.25) is 5.02 Å². The van der Waals surface area contributed by atoms with Crippen LogP contribution >= 0.6 is 11.6 Å². The number of rotatable bonds is 10. The van der Waals surface area contributed by atoms with Crippen LogP contribution in [0.5, 0.6) is 0 Å². The van der Waals surface area contributed by atoms with Crippen molar-refractivity contribution in [2.75, 3.05) is 0 Å². The first-order chi connectivity index (χ1) is 17.1. The van der Waals surface area contributed by atoms with Gasteiger partial charge in [0.2, 0.25) is 11.8 Å². The Morgan fingerprint density at radius 3 is 2.11 bits per heavy atom. The van der Waals surface area contributed by atoms with Gasteiger partial charge in [0.15, 0.2) is 0 Å². The summed E-state index contributed by atoms with van der Waals surface area (Å²) in [5.74, 6) is -0.128. The third-order valence-corrected chi connectivity index (χ3v) is 7.11. The molecule has 0 radical (unpaired) electrons. The van der Waals surface area contributed by atoms with Gasteiger partial charge < -0.3 is 10.2 Å². The molecular weight excluding hydrogens is 456 g/mol. The molecule has 4 rings (SSSR count). The highest BCUT2D eigenvalue weighted by Crippen LogP contribution is 2.23. The Morgan fingerprint density at radius 2 is 1.46 bits per heavy atom. The summed E-state index contributed by atoms with van der Waals surface area (Å²) in [6, 6.07) is 27.0. The van der Waals surface area contributed by atoms with Gasteiger partial charge in [0, 0.05) is 30.5 Å². The van der Waals surface area contributed by atoms with Crippen molar-refractivity contribution < 1.29 is 9.59 Å². The fraction of sp³-hybridized carbons (Fsp3) is 0.333. The van der Waals surface area contributed by atoms with E-state index in [0.29, 0.717) is 30.8 Å². The molecule has 35 heavy (non-hydrogen) atoms. The van der Waals surface area contributed by atoms with Crippen LogP contribution in [-0.4, -0.2) is 28.8 Å². The summed E-state index contributed by atoms with van der Waals surface area (Å²) in [5, 5.41) is 3.84. The fourth-order valence-corrected chi connectivity index (χ4v) is 4.97. The Hall–Kier alpha value is -3.11. The molecule has 182 valence electrons. The van der Waals surface area contributed by atoms with Crippen LogP contribution in [0.3, 0.4) is 0 Å². The van der Waals surface area contributed by atoms with E-state index in [1.807, 2.05) is 84.9 Å². The van der Waals surface area contributed by atoms with Gasteiger partial charge in [-0.2, -0.15) is 0 Å². The minimum atomic E-state index is -0.613. The van der Waals surface area contributed by atoms with Gasteiger partial charge in [-0.1, -0.05) is 103 Å². The lowest BCUT2D eigenvalue weighted by atomic mass is 10.0. The maximum Gasteiger partial charge on any atom is 0.243 e. The molecule has 0 bridgehead atoms. The molecule has 2 amide bonds. The third kappa shape index (κ3) is 7.19. The minimum Gasteiger partial charge on any atom is -0.352 e. The van der Waals surface area contributed by atoms with E-state index >= 15 is 0 Å². The highest BCUT2D eigenvalue weighted by molar-refractivity contribution is 6.31. The molecule has 5 heteroatoms. The second-order valence-corrected chi connectivity index (χ2v) is 9.70. The lowest BCUT2D eigenvalue weighted by Crippen LogP contribution is -2.52. The molecule has 0 aromatic heterocycles. The molecule has 4 nitrogen and oxygen atoms in total. The molecule has 1 aliphatic rings. The van der Waals surface area contributed by atoms with Crippen LogP contribution in [0.25, 0.3) is 0 Å². The average Bonchev–Trinajstić information content (AvgIpc) is 3.40. The summed E-state index contributed by atoms with van der Waals surface area (Å²) in [6.45, 7) is 0.295. The van der Waals surface area contributed by atoms with Crippen LogP contribution in [0, 0.1) is 0 Å². The van der Waals surface area contributed by atoms with Gasteiger partial charge >= 0.3 is 0 Å². The number of amides is 2. The van der Waals surface area contributed by atoms with Crippen molar-refractivity contribution in [1.82, 2.24) is 10.2 Å². The first kappa shape index (κ1) is 25.0. The number of nitrogens with zero attached hydrogens (tertiary/aromatic N) is 1. The maximum absolute atomic E-state index is 13.7. The van der Waals surface area contributed by atoms with Crippen molar-refractivity contribution in [2.45, 2.75) is 63.6 Å². The molecule has 1 fully saturated rings. The van der Waals surface area contributed by atoms with E-state index in [9.17, 15) is 9.59 Å². The Labute approximate surface area is 213 Å². The summed E-state index contributed by atoms with van der Waals surface area (Å²) in [5.41, 5.74) is 2.97. The van der Waals surface area contributed by atoms with Crippen molar-refractivity contribution in [3.8, 4) is 0 Å². The number of aryl methyl sites for hydroxylation is 1. The van der Waals surface area contributed by atoms with Gasteiger partial charge in [0.25, 0.3) is 0 Å². The monoisotopic (exact) mass is 488 g/mol. The third-order valence-electron chi connectivity index (χ3n) is 6.74. The van der Waals surface area contributed by atoms with Crippen molar-refractivity contribution in [3.63, 3.8) is 0 Å². The van der Waals surface area contributed by atoms with E-state index in [1.165, 1.54) is 0 Å². The largest absolute Gasteiger partial charge is 0.352 e. The predicted octanol–water partition coefficient (Wildman–Crippen LogP) is 5.97. The predicted molar refractivity (Wildman–Crippen MR) is 141 cm³/mol. The van der Waals surface area contributed by atoms with Gasteiger partial charge in [0.1, 0.15) is 6.04 Å². The smallest absolute Gasteiger partial charge is 0.243 e. The molecule has 0 heterocycles. The number of nitrogens with one attached hydrogen (secondary N) is 1. The van der Waals surface area contributed by atoms with Gasteiger partial charge in [-0.15, -0.1) is 0 Å². The zero-order chi connectivity index (χ0) is 24.5. The quantitative estimate of drug-likeness (QED) is 0.382. The van der Waals surface area contributed by atoms with E-state index in [2.05, 4.69) is 5.32 Å². The van der Waals surface area contributed by atoms with Crippen molar-refractivity contribution >= 4 is 23.4 Å². The van der Waals surface area contributed by atoms with E-state index in [0.717, 1.165) is 42.4 Å². The average molecular weight is 489 g/mol. The van der Waals surface area contributed by atoms with Crippen molar-refractivity contribution in [2.24, 2.45) is 0 Å². The molecular formula is C30H33ClN2O2. The number of carbonyl (C=O) groups is 2. The topological polar surface area (TPSA) is 49.4 Å². The molecule has 1 aliphatic carbocycles. The number of hydrogen-bond acceptors (Lipinski definition) is 2. The maximum atomic E-state index is 13.7. The molecule has 1 N–H and O–H groups in total. The summed E-state index contributed by atoms with van der Waals surface area (Å²) in [6.07, 6.45) is 5.67. The first-order valence-electron chi connectivity index (χ1n) is 12.5. The van der Waals surface area contributed by atoms with Gasteiger partial charge in [0.05, 0.1) is 0 Å². The Balaban J connectivity index is 1.61. The fourth-order valence-electron chi connectivity index (χ4n) is 4.77. The zero-order valence-electron chi connectivity index (χ0n) is 20.0. The van der Waals surface area contributed by atoms with E-state index in [-0.39, 0.29) is 17.9 Å². The second kappa shape index (κ2) is 12.6. The Bertz CT molecular complexity index is 1100. The molecule has 0 unspecified atom stereocenters. The highest BCUT2D eigenvalue weighted by Gasteiger charge is 2.32. The summed E-state index contributed by atoms with van der Waals surface area (Å²) >= 11 is 6.49. The second-order valence-electron chi connectivity index (χ2n) is 9.29. The van der Waals surface area contributed by atoms with Crippen LogP contribution in [0.1, 0.15) is 48.8 Å². The standard InChI is InChI=1S/C30H33ClN2O2/c31-27-18-10-7-15-25(27)22-33(29(34)20-19-23-11-3-1-4-12-23)28(21-24-13-5-2-6-14-24)30(35)32-26-16-8-9-17-26/h1-7,10-15,18,26,28H,8-9,16-17,19-22H2,(H,32,35)/t28-/m1/s1. The van der Waals surface area contributed by atoms with Crippen molar-refractivity contribution in [3.05, 3.63) is 107 Å². The first-order valence-corrected chi connectivity index (χ1v) is 12.9. The number of hydrogen-bond donors (Lipinski definition) is 1. The van der Waals surface area contributed by atoms with Gasteiger partial charge in [-0.25, -0.2) is 0 Å². The van der Waals surface area contributed by atoms with Crippen LogP contribution < -0.4 is 5.32 Å². The van der Waals surface area contributed by atoms with E-state index < -0.39 is 6.04 Å². The number of carbonyl (C=O) groups excluding carboxylic acids is 2. The molecule has 1 atom stereocenters. The highest BCUT2D eigenvalue weighted by atomic mass is 35.5. The zero-order valence-corrected chi connectivity index (χ0v) is 20.8. The molecule has 1 saturated carbocycles. The van der Waals surface area contributed by atoms with E-state index in [1.54, 1.807) is 4.90 Å². The Morgan fingerprint density at radius 1 is 0.857 bits per heavy atom.